The zero-order chi connectivity index (χ0) is 18.4. The summed E-state index contributed by atoms with van der Waals surface area (Å²) in [5.41, 5.74) is 2.33. The molecule has 0 spiro atoms. The fourth-order valence-corrected chi connectivity index (χ4v) is 3.27. The molecular formula is C21H25ClN2O2. The van der Waals surface area contributed by atoms with Crippen LogP contribution in [-0.4, -0.2) is 25.1 Å². The van der Waals surface area contributed by atoms with Gasteiger partial charge in [0.2, 0.25) is 0 Å². The highest BCUT2D eigenvalue weighted by Crippen LogP contribution is 2.24. The molecule has 0 bridgehead atoms. The Hall–Kier alpha value is -2.20. The highest BCUT2D eigenvalue weighted by atomic mass is 35.5. The Morgan fingerprint density at radius 1 is 1.12 bits per heavy atom. The molecule has 2 aromatic carbocycles. The van der Waals surface area contributed by atoms with Gasteiger partial charge in [0.1, 0.15) is 5.75 Å². The number of halogens is 1. The Labute approximate surface area is 160 Å². The minimum Gasteiger partial charge on any atom is -0.479 e. The first-order chi connectivity index (χ1) is 12.6. The van der Waals surface area contributed by atoms with Crippen molar-refractivity contribution in [1.82, 2.24) is 5.32 Å². The number of benzene rings is 2. The van der Waals surface area contributed by atoms with Gasteiger partial charge in [-0.05, 0) is 56.0 Å². The molecule has 1 aliphatic heterocycles. The molecule has 1 amide bonds. The van der Waals surface area contributed by atoms with Crippen LogP contribution in [0.25, 0.3) is 0 Å². The maximum atomic E-state index is 12.3. The number of amides is 1. The predicted octanol–water partition coefficient (Wildman–Crippen LogP) is 4.41. The van der Waals surface area contributed by atoms with E-state index in [1.54, 1.807) is 19.1 Å². The second-order valence-corrected chi connectivity index (χ2v) is 7.03. The van der Waals surface area contributed by atoms with E-state index in [1.807, 2.05) is 12.1 Å². The monoisotopic (exact) mass is 372 g/mol. The van der Waals surface area contributed by atoms with E-state index in [1.165, 1.54) is 24.9 Å². The molecule has 0 aliphatic carbocycles. The van der Waals surface area contributed by atoms with Gasteiger partial charge in [0.15, 0.2) is 6.10 Å². The Morgan fingerprint density at radius 3 is 2.50 bits per heavy atom. The molecule has 26 heavy (non-hydrogen) atoms. The highest BCUT2D eigenvalue weighted by Gasteiger charge is 2.16. The van der Waals surface area contributed by atoms with Crippen LogP contribution in [0.5, 0.6) is 5.75 Å². The molecule has 1 saturated heterocycles. The number of nitrogens with one attached hydrogen (secondary N) is 1. The lowest BCUT2D eigenvalue weighted by atomic mass is 10.1. The first-order valence-corrected chi connectivity index (χ1v) is 9.54. The first kappa shape index (κ1) is 18.6. The largest absolute Gasteiger partial charge is 0.479 e. The average molecular weight is 373 g/mol. The molecule has 1 aliphatic rings. The van der Waals surface area contributed by atoms with Gasteiger partial charge in [0.05, 0.1) is 5.02 Å². The lowest BCUT2D eigenvalue weighted by Gasteiger charge is -2.28. The zero-order valence-electron chi connectivity index (χ0n) is 15.1. The number of rotatable bonds is 6. The lowest BCUT2D eigenvalue weighted by molar-refractivity contribution is -0.127. The number of ether oxygens (including phenoxy) is 1. The Kier molecular flexibility index (Phi) is 6.40. The van der Waals surface area contributed by atoms with Crippen LogP contribution < -0.4 is 15.0 Å². The smallest absolute Gasteiger partial charge is 0.261 e. The third-order valence-corrected chi connectivity index (χ3v) is 4.95. The summed E-state index contributed by atoms with van der Waals surface area (Å²) in [6, 6.07) is 15.6. The Balaban J connectivity index is 1.50. The van der Waals surface area contributed by atoms with Crippen molar-refractivity contribution in [3.05, 3.63) is 59.1 Å². The summed E-state index contributed by atoms with van der Waals surface area (Å²) >= 11 is 6.06. The van der Waals surface area contributed by atoms with Crippen molar-refractivity contribution < 1.29 is 9.53 Å². The van der Waals surface area contributed by atoms with E-state index in [0.717, 1.165) is 18.7 Å². The zero-order valence-corrected chi connectivity index (χ0v) is 15.8. The Bertz CT molecular complexity index is 727. The summed E-state index contributed by atoms with van der Waals surface area (Å²) < 4.78 is 5.64. The molecule has 0 saturated carbocycles. The van der Waals surface area contributed by atoms with Crippen molar-refractivity contribution >= 4 is 23.2 Å². The van der Waals surface area contributed by atoms with Crippen LogP contribution in [0.3, 0.4) is 0 Å². The van der Waals surface area contributed by atoms with Gasteiger partial charge in [0, 0.05) is 25.3 Å². The number of para-hydroxylation sites is 1. The quantitative estimate of drug-likeness (QED) is 0.816. The van der Waals surface area contributed by atoms with Gasteiger partial charge in [0.25, 0.3) is 5.91 Å². The van der Waals surface area contributed by atoms with E-state index < -0.39 is 6.10 Å². The average Bonchev–Trinajstić information content (AvgIpc) is 2.69. The predicted molar refractivity (Wildman–Crippen MR) is 106 cm³/mol. The molecule has 2 aromatic rings. The summed E-state index contributed by atoms with van der Waals surface area (Å²) in [6.07, 6.45) is 3.25. The summed E-state index contributed by atoms with van der Waals surface area (Å²) in [7, 11) is 0. The molecule has 3 rings (SSSR count). The van der Waals surface area contributed by atoms with Gasteiger partial charge in [-0.2, -0.15) is 0 Å². The van der Waals surface area contributed by atoms with E-state index >= 15 is 0 Å². The minimum absolute atomic E-state index is 0.162. The summed E-state index contributed by atoms with van der Waals surface area (Å²) in [6.45, 7) is 4.47. The third kappa shape index (κ3) is 4.92. The van der Waals surface area contributed by atoms with Gasteiger partial charge < -0.3 is 15.0 Å². The number of hydrogen-bond donors (Lipinski definition) is 1. The molecule has 1 heterocycles. The lowest BCUT2D eigenvalue weighted by Crippen LogP contribution is -2.36. The maximum absolute atomic E-state index is 12.3. The second kappa shape index (κ2) is 8.95. The number of anilines is 1. The van der Waals surface area contributed by atoms with Crippen LogP contribution in [0.4, 0.5) is 5.69 Å². The molecule has 138 valence electrons. The molecule has 0 radical (unpaired) electrons. The molecule has 1 N–H and O–H groups in total. The van der Waals surface area contributed by atoms with E-state index in [-0.39, 0.29) is 5.91 Å². The third-order valence-electron chi connectivity index (χ3n) is 4.63. The fourth-order valence-electron chi connectivity index (χ4n) is 3.09. The number of hydrogen-bond acceptors (Lipinski definition) is 3. The van der Waals surface area contributed by atoms with Crippen LogP contribution in [0.2, 0.25) is 5.02 Å². The van der Waals surface area contributed by atoms with Crippen molar-refractivity contribution in [2.24, 2.45) is 0 Å². The summed E-state index contributed by atoms with van der Waals surface area (Å²) in [4.78, 5) is 14.7. The second-order valence-electron chi connectivity index (χ2n) is 6.62. The molecule has 0 unspecified atom stereocenters. The minimum atomic E-state index is -0.609. The van der Waals surface area contributed by atoms with E-state index in [9.17, 15) is 4.79 Å². The van der Waals surface area contributed by atoms with Crippen LogP contribution in [0.15, 0.2) is 48.5 Å². The first-order valence-electron chi connectivity index (χ1n) is 9.16. The number of nitrogens with zero attached hydrogens (tertiary/aromatic N) is 1. The van der Waals surface area contributed by atoms with Crippen LogP contribution in [0, 0.1) is 0 Å². The van der Waals surface area contributed by atoms with Gasteiger partial charge in [-0.25, -0.2) is 0 Å². The van der Waals surface area contributed by atoms with Crippen LogP contribution >= 0.6 is 11.6 Å². The summed E-state index contributed by atoms with van der Waals surface area (Å²) in [5.74, 6) is 0.354. The fraction of sp³-hybridized carbons (Fsp3) is 0.381. The standard InChI is InChI=1S/C21H25ClN2O2/c1-16(26-20-8-4-3-7-19(20)22)21(25)23-15-17-9-11-18(12-10-17)24-13-5-2-6-14-24/h3-4,7-12,16H,2,5-6,13-15H2,1H3,(H,23,25)/t16-/m0/s1. The molecule has 1 fully saturated rings. The Morgan fingerprint density at radius 2 is 1.81 bits per heavy atom. The van der Waals surface area contributed by atoms with Crippen molar-refractivity contribution in [3.8, 4) is 5.75 Å². The van der Waals surface area contributed by atoms with Crippen molar-refractivity contribution in [1.29, 1.82) is 0 Å². The number of piperidine rings is 1. The number of carbonyl (C=O) groups excluding carboxylic acids is 1. The van der Waals surface area contributed by atoms with Crippen molar-refractivity contribution in [2.75, 3.05) is 18.0 Å². The molecule has 4 nitrogen and oxygen atoms in total. The van der Waals surface area contributed by atoms with Crippen LogP contribution in [-0.2, 0) is 11.3 Å². The van der Waals surface area contributed by atoms with Gasteiger partial charge in [-0.15, -0.1) is 0 Å². The molecule has 5 heteroatoms. The van der Waals surface area contributed by atoms with Gasteiger partial charge in [-0.1, -0.05) is 35.9 Å². The topological polar surface area (TPSA) is 41.6 Å². The van der Waals surface area contributed by atoms with Crippen molar-refractivity contribution in [3.63, 3.8) is 0 Å². The van der Waals surface area contributed by atoms with Crippen molar-refractivity contribution in [2.45, 2.75) is 38.8 Å². The summed E-state index contributed by atoms with van der Waals surface area (Å²) in [5, 5.41) is 3.42. The van der Waals surface area contributed by atoms with E-state index in [2.05, 4.69) is 34.5 Å². The maximum Gasteiger partial charge on any atom is 0.261 e. The van der Waals surface area contributed by atoms with Gasteiger partial charge in [-0.3, -0.25) is 4.79 Å². The van der Waals surface area contributed by atoms with Gasteiger partial charge >= 0.3 is 0 Å². The van der Waals surface area contributed by atoms with E-state index in [4.69, 9.17) is 16.3 Å². The molecular weight excluding hydrogens is 348 g/mol. The normalized spacial score (nSPS) is 15.4. The molecule has 1 atom stereocenters. The number of carbonyl (C=O) groups is 1. The molecule has 0 aromatic heterocycles. The SMILES string of the molecule is C[C@H](Oc1ccccc1Cl)C(=O)NCc1ccc(N2CCCCC2)cc1. The van der Waals surface area contributed by atoms with Crippen LogP contribution in [0.1, 0.15) is 31.7 Å². The highest BCUT2D eigenvalue weighted by molar-refractivity contribution is 6.32. The van der Waals surface area contributed by atoms with E-state index in [0.29, 0.717) is 17.3 Å².